The van der Waals surface area contributed by atoms with Gasteiger partial charge in [-0.25, -0.2) is 4.39 Å². The number of aromatic nitrogens is 2. The van der Waals surface area contributed by atoms with E-state index in [-0.39, 0.29) is 16.5 Å². The van der Waals surface area contributed by atoms with Gasteiger partial charge in [-0.15, -0.1) is 0 Å². The van der Waals surface area contributed by atoms with Crippen molar-refractivity contribution in [1.29, 1.82) is 0 Å². The van der Waals surface area contributed by atoms with Gasteiger partial charge in [-0.05, 0) is 35.9 Å². The van der Waals surface area contributed by atoms with Crippen molar-refractivity contribution in [1.82, 2.24) is 9.97 Å². The Bertz CT molecular complexity index is 1210. The Labute approximate surface area is 176 Å². The van der Waals surface area contributed by atoms with Gasteiger partial charge in [0.25, 0.3) is 0 Å². The van der Waals surface area contributed by atoms with Crippen LogP contribution in [0.15, 0.2) is 61.1 Å². The minimum Gasteiger partial charge on any atom is -0.506 e. The lowest BCUT2D eigenvalue weighted by molar-refractivity contribution is 0.285. The van der Waals surface area contributed by atoms with Gasteiger partial charge in [0.2, 0.25) is 0 Å². The standard InChI is InChI=1S/C22H17ClFN3O3/c1-29-21-8-14-17(27-19-10-20(28)15(23)9-16(19)24)4-7-26-18(14)11-22(21)30-12-13-2-5-25-6-3-13/h2-11,28H,12H2,1H3,(H,26,27). The van der Waals surface area contributed by atoms with Crippen molar-refractivity contribution in [2.24, 2.45) is 0 Å². The first kappa shape index (κ1) is 19.7. The highest BCUT2D eigenvalue weighted by Crippen LogP contribution is 2.37. The highest BCUT2D eigenvalue weighted by atomic mass is 35.5. The number of rotatable bonds is 6. The highest BCUT2D eigenvalue weighted by molar-refractivity contribution is 6.32. The molecule has 4 rings (SSSR count). The van der Waals surface area contributed by atoms with Crippen molar-refractivity contribution in [3.8, 4) is 17.2 Å². The Balaban J connectivity index is 1.68. The summed E-state index contributed by atoms with van der Waals surface area (Å²) in [5.74, 6) is 0.226. The van der Waals surface area contributed by atoms with Crippen molar-refractivity contribution >= 4 is 33.9 Å². The summed E-state index contributed by atoms with van der Waals surface area (Å²) in [4.78, 5) is 8.37. The summed E-state index contributed by atoms with van der Waals surface area (Å²) < 4.78 is 25.7. The van der Waals surface area contributed by atoms with Crippen LogP contribution in [0.5, 0.6) is 17.2 Å². The van der Waals surface area contributed by atoms with E-state index in [1.165, 1.54) is 6.07 Å². The molecule has 2 heterocycles. The maximum Gasteiger partial charge on any atom is 0.163 e. The third-order valence-electron chi connectivity index (χ3n) is 4.48. The number of benzene rings is 2. The van der Waals surface area contributed by atoms with Gasteiger partial charge in [-0.3, -0.25) is 9.97 Å². The van der Waals surface area contributed by atoms with Crippen LogP contribution in [-0.2, 0) is 6.61 Å². The minimum atomic E-state index is -0.591. The first-order chi connectivity index (χ1) is 14.5. The van der Waals surface area contributed by atoms with Crippen molar-refractivity contribution < 1.29 is 19.0 Å². The number of ether oxygens (including phenoxy) is 2. The third-order valence-corrected chi connectivity index (χ3v) is 4.78. The van der Waals surface area contributed by atoms with E-state index in [1.54, 1.807) is 43.9 Å². The number of nitrogens with one attached hydrogen (secondary N) is 1. The maximum absolute atomic E-state index is 14.3. The summed E-state index contributed by atoms with van der Waals surface area (Å²) >= 11 is 5.75. The molecule has 0 fully saturated rings. The molecule has 0 bridgehead atoms. The molecule has 0 spiro atoms. The van der Waals surface area contributed by atoms with Gasteiger partial charge in [0.1, 0.15) is 18.2 Å². The first-order valence-electron chi connectivity index (χ1n) is 8.98. The number of phenolic OH excluding ortho intramolecular Hbond substituents is 1. The second-order valence-electron chi connectivity index (χ2n) is 6.43. The summed E-state index contributed by atoms with van der Waals surface area (Å²) in [6.07, 6.45) is 4.99. The highest BCUT2D eigenvalue weighted by Gasteiger charge is 2.13. The molecule has 0 saturated carbocycles. The van der Waals surface area contributed by atoms with Crippen molar-refractivity contribution in [3.63, 3.8) is 0 Å². The number of halogens is 2. The normalized spacial score (nSPS) is 10.8. The number of aromatic hydroxyl groups is 1. The smallest absolute Gasteiger partial charge is 0.163 e. The van der Waals surface area contributed by atoms with Crippen LogP contribution in [0, 0.1) is 5.82 Å². The molecule has 6 nitrogen and oxygen atoms in total. The largest absolute Gasteiger partial charge is 0.506 e. The lowest BCUT2D eigenvalue weighted by Gasteiger charge is -2.15. The second kappa shape index (κ2) is 8.42. The molecule has 2 aromatic carbocycles. The summed E-state index contributed by atoms with van der Waals surface area (Å²) in [6.45, 7) is 0.345. The maximum atomic E-state index is 14.3. The van der Waals surface area contributed by atoms with E-state index in [2.05, 4.69) is 15.3 Å². The van der Waals surface area contributed by atoms with Gasteiger partial charge in [-0.2, -0.15) is 0 Å². The summed E-state index contributed by atoms with van der Waals surface area (Å²) in [5.41, 5.74) is 2.26. The second-order valence-corrected chi connectivity index (χ2v) is 6.84. The molecular weight excluding hydrogens is 409 g/mol. The zero-order chi connectivity index (χ0) is 21.1. The van der Waals surface area contributed by atoms with Gasteiger partial charge in [0.05, 0.1) is 23.3 Å². The number of methoxy groups -OCH3 is 1. The van der Waals surface area contributed by atoms with Crippen LogP contribution in [-0.4, -0.2) is 22.2 Å². The quantitative estimate of drug-likeness (QED) is 0.427. The van der Waals surface area contributed by atoms with Crippen molar-refractivity contribution in [3.05, 3.63) is 77.5 Å². The molecule has 0 saturated heterocycles. The molecule has 2 N–H and O–H groups in total. The number of hydrogen-bond acceptors (Lipinski definition) is 6. The van der Waals surface area contributed by atoms with Crippen molar-refractivity contribution in [2.45, 2.75) is 6.61 Å². The predicted molar refractivity (Wildman–Crippen MR) is 113 cm³/mol. The average Bonchev–Trinajstić information content (AvgIpc) is 2.76. The van der Waals surface area contributed by atoms with Crippen LogP contribution >= 0.6 is 11.6 Å². The lowest BCUT2D eigenvalue weighted by atomic mass is 10.1. The fraction of sp³-hybridized carbons (Fsp3) is 0.0909. The Kier molecular flexibility index (Phi) is 5.54. The molecule has 0 unspecified atom stereocenters. The average molecular weight is 426 g/mol. The molecule has 2 aromatic heterocycles. The van der Waals surface area contributed by atoms with Gasteiger partial charge in [0.15, 0.2) is 11.5 Å². The number of anilines is 2. The Hall–Kier alpha value is -3.58. The fourth-order valence-electron chi connectivity index (χ4n) is 2.95. The molecule has 30 heavy (non-hydrogen) atoms. The van der Waals surface area contributed by atoms with E-state index in [9.17, 15) is 9.50 Å². The van der Waals surface area contributed by atoms with Crippen LogP contribution in [0.3, 0.4) is 0 Å². The van der Waals surface area contributed by atoms with Gasteiger partial charge in [0, 0.05) is 41.8 Å². The van der Waals surface area contributed by atoms with Crippen LogP contribution in [0.2, 0.25) is 5.02 Å². The molecule has 0 amide bonds. The van der Waals surface area contributed by atoms with Gasteiger partial charge < -0.3 is 19.9 Å². The number of fused-ring (bicyclic) bond motifs is 1. The zero-order valence-corrected chi connectivity index (χ0v) is 16.7. The van der Waals surface area contributed by atoms with Crippen LogP contribution in [0.1, 0.15) is 5.56 Å². The van der Waals surface area contributed by atoms with Crippen molar-refractivity contribution in [2.75, 3.05) is 12.4 Å². The van der Waals surface area contributed by atoms with E-state index in [4.69, 9.17) is 21.1 Å². The monoisotopic (exact) mass is 425 g/mol. The molecule has 0 aliphatic heterocycles. The molecule has 0 aliphatic carbocycles. The van der Waals surface area contributed by atoms with E-state index in [0.717, 1.165) is 11.6 Å². The van der Waals surface area contributed by atoms with E-state index in [1.807, 2.05) is 12.1 Å². The van der Waals surface area contributed by atoms with Gasteiger partial charge >= 0.3 is 0 Å². The van der Waals surface area contributed by atoms with Crippen LogP contribution in [0.25, 0.3) is 10.9 Å². The van der Waals surface area contributed by atoms with E-state index >= 15 is 0 Å². The fourth-order valence-corrected chi connectivity index (χ4v) is 3.10. The molecule has 0 radical (unpaired) electrons. The molecular formula is C22H17ClFN3O3. The summed E-state index contributed by atoms with van der Waals surface area (Å²) in [6, 6.07) is 11.2. The Morgan fingerprint density at radius 3 is 2.60 bits per heavy atom. The van der Waals surface area contributed by atoms with Crippen LogP contribution < -0.4 is 14.8 Å². The minimum absolute atomic E-state index is 0.0599. The third kappa shape index (κ3) is 4.06. The molecule has 0 aliphatic rings. The Morgan fingerprint density at radius 2 is 1.83 bits per heavy atom. The lowest BCUT2D eigenvalue weighted by Crippen LogP contribution is -2.00. The number of phenols is 1. The predicted octanol–water partition coefficient (Wildman–Crippen LogP) is 5.46. The summed E-state index contributed by atoms with van der Waals surface area (Å²) in [5, 5.41) is 13.4. The molecule has 8 heteroatoms. The zero-order valence-electron chi connectivity index (χ0n) is 15.9. The molecule has 4 aromatic rings. The molecule has 152 valence electrons. The van der Waals surface area contributed by atoms with E-state index < -0.39 is 5.82 Å². The number of pyridine rings is 2. The van der Waals surface area contributed by atoms with Crippen LogP contribution in [0.4, 0.5) is 15.8 Å². The van der Waals surface area contributed by atoms with E-state index in [0.29, 0.717) is 34.7 Å². The first-order valence-corrected chi connectivity index (χ1v) is 9.36. The SMILES string of the molecule is COc1cc2c(Nc3cc(O)c(Cl)cc3F)ccnc2cc1OCc1ccncc1. The topological polar surface area (TPSA) is 76.5 Å². The number of hydrogen-bond donors (Lipinski definition) is 2. The van der Waals surface area contributed by atoms with Gasteiger partial charge in [-0.1, -0.05) is 11.6 Å². The molecule has 0 atom stereocenters. The Morgan fingerprint density at radius 1 is 1.03 bits per heavy atom. The number of nitrogens with zero attached hydrogens (tertiary/aromatic N) is 2. The summed E-state index contributed by atoms with van der Waals surface area (Å²) in [7, 11) is 1.54.